The fraction of sp³-hybridized carbons (Fsp3) is 0.423. The molecule has 2 aliphatic rings. The highest BCUT2D eigenvalue weighted by atomic mass is 16.5. The number of benzene rings is 2. The van der Waals surface area contributed by atoms with Crippen molar-refractivity contribution in [2.75, 3.05) is 56.7 Å². The minimum absolute atomic E-state index is 0.324. The Kier molecular flexibility index (Phi) is 7.60. The lowest BCUT2D eigenvalue weighted by Gasteiger charge is -2.21. The average molecular weight is 450 g/mol. The number of ether oxygens (including phenoxy) is 2. The molecule has 2 heterocycles. The Hall–Kier alpha value is -3.35. The van der Waals surface area contributed by atoms with Gasteiger partial charge >= 0.3 is 0 Å². The van der Waals surface area contributed by atoms with Crippen LogP contribution in [0, 0.1) is 0 Å². The number of aliphatic imine (C=N–C) groups is 1. The van der Waals surface area contributed by atoms with E-state index in [1.807, 2.05) is 6.07 Å². The minimum Gasteiger partial charge on any atom is -0.497 e. The zero-order valence-corrected chi connectivity index (χ0v) is 19.9. The largest absolute Gasteiger partial charge is 0.497 e. The van der Waals surface area contributed by atoms with Crippen LogP contribution in [0.5, 0.6) is 11.5 Å². The van der Waals surface area contributed by atoms with Crippen LogP contribution in [0.15, 0.2) is 59.6 Å². The summed E-state index contributed by atoms with van der Waals surface area (Å²) in [4.78, 5) is 9.55. The zero-order chi connectivity index (χ0) is 23.0. The van der Waals surface area contributed by atoms with Crippen molar-refractivity contribution >= 4 is 17.3 Å². The second kappa shape index (κ2) is 11.0. The van der Waals surface area contributed by atoms with Gasteiger partial charge in [-0.05, 0) is 31.0 Å². The lowest BCUT2D eigenvalue weighted by Crippen LogP contribution is -2.44. The van der Waals surface area contributed by atoms with Gasteiger partial charge in [0.05, 0.1) is 20.8 Å². The Morgan fingerprint density at radius 2 is 1.67 bits per heavy atom. The van der Waals surface area contributed by atoms with Gasteiger partial charge in [0.1, 0.15) is 11.5 Å². The fourth-order valence-corrected chi connectivity index (χ4v) is 4.27. The summed E-state index contributed by atoms with van der Waals surface area (Å²) in [5.74, 6) is 2.48. The van der Waals surface area contributed by atoms with Crippen LogP contribution in [0.1, 0.15) is 18.9 Å². The topological polar surface area (TPSA) is 61.4 Å². The third-order valence-electron chi connectivity index (χ3n) is 6.11. The predicted octanol–water partition coefficient (Wildman–Crippen LogP) is 3.41. The highest BCUT2D eigenvalue weighted by Crippen LogP contribution is 2.30. The van der Waals surface area contributed by atoms with Crippen LogP contribution >= 0.6 is 0 Å². The second-order valence-electron chi connectivity index (χ2n) is 8.38. The molecule has 7 nitrogen and oxygen atoms in total. The molecule has 176 valence electrons. The molecule has 0 bridgehead atoms. The van der Waals surface area contributed by atoms with Gasteiger partial charge in [0, 0.05) is 68.3 Å². The predicted molar refractivity (Wildman–Crippen MR) is 136 cm³/mol. The van der Waals surface area contributed by atoms with Crippen molar-refractivity contribution in [3.63, 3.8) is 0 Å². The summed E-state index contributed by atoms with van der Waals surface area (Å²) in [5, 5.41) is 7.01. The molecule has 1 saturated heterocycles. The first kappa shape index (κ1) is 22.8. The standard InChI is InChI=1S/C26H35N5O2/c1-4-27-26(28-18-20-7-9-22(10-8-20)30-12-5-6-13-30)29-21-11-14-31(19-21)23-15-24(32-2)17-25(16-23)33-3/h5-10,15-17,21H,4,11-14,18-19H2,1-3H3,(H2,27,28,29). The van der Waals surface area contributed by atoms with Gasteiger partial charge in [-0.1, -0.05) is 24.3 Å². The van der Waals surface area contributed by atoms with Crippen LogP contribution in [-0.2, 0) is 6.54 Å². The molecule has 4 rings (SSSR count). The first-order valence-electron chi connectivity index (χ1n) is 11.7. The van der Waals surface area contributed by atoms with Crippen LogP contribution < -0.4 is 29.9 Å². The Morgan fingerprint density at radius 1 is 0.970 bits per heavy atom. The highest BCUT2D eigenvalue weighted by molar-refractivity contribution is 5.80. The van der Waals surface area contributed by atoms with Crippen molar-refractivity contribution in [2.24, 2.45) is 4.99 Å². The summed E-state index contributed by atoms with van der Waals surface area (Å²) in [6, 6.07) is 15.1. The van der Waals surface area contributed by atoms with Gasteiger partial charge in [0.25, 0.3) is 0 Å². The number of anilines is 2. The normalized spacial score (nSPS) is 18.0. The molecule has 7 heteroatoms. The smallest absolute Gasteiger partial charge is 0.191 e. The molecule has 0 saturated carbocycles. The first-order chi connectivity index (χ1) is 16.2. The molecule has 1 unspecified atom stereocenters. The van der Waals surface area contributed by atoms with Crippen LogP contribution in [0.3, 0.4) is 0 Å². The number of guanidine groups is 1. The van der Waals surface area contributed by atoms with Crippen LogP contribution in [-0.4, -0.2) is 58.9 Å². The van der Waals surface area contributed by atoms with Gasteiger partial charge in [0.15, 0.2) is 5.96 Å². The number of rotatable bonds is 8. The molecule has 0 radical (unpaired) electrons. The van der Waals surface area contributed by atoms with E-state index in [2.05, 4.69) is 75.9 Å². The monoisotopic (exact) mass is 449 g/mol. The van der Waals surface area contributed by atoms with E-state index >= 15 is 0 Å². The van der Waals surface area contributed by atoms with Crippen molar-refractivity contribution in [1.82, 2.24) is 10.6 Å². The molecule has 2 aliphatic heterocycles. The van der Waals surface area contributed by atoms with Crippen LogP contribution in [0.2, 0.25) is 0 Å². The third kappa shape index (κ3) is 5.92. The third-order valence-corrected chi connectivity index (χ3v) is 6.11. The summed E-state index contributed by atoms with van der Waals surface area (Å²) in [5.41, 5.74) is 3.59. The van der Waals surface area contributed by atoms with Gasteiger partial charge in [-0.3, -0.25) is 0 Å². The van der Waals surface area contributed by atoms with E-state index in [0.717, 1.165) is 62.3 Å². The van der Waals surface area contributed by atoms with E-state index in [0.29, 0.717) is 12.6 Å². The molecule has 2 aromatic carbocycles. The molecule has 1 atom stereocenters. The SMILES string of the molecule is CCNC(=NCc1ccc(N2CC=CC2)cc1)NC1CCN(c2cc(OC)cc(OC)c2)C1. The van der Waals surface area contributed by atoms with Crippen LogP contribution in [0.4, 0.5) is 11.4 Å². The number of nitrogens with one attached hydrogen (secondary N) is 2. The highest BCUT2D eigenvalue weighted by Gasteiger charge is 2.24. The maximum Gasteiger partial charge on any atom is 0.191 e. The van der Waals surface area contributed by atoms with Crippen molar-refractivity contribution in [1.29, 1.82) is 0 Å². The fourth-order valence-electron chi connectivity index (χ4n) is 4.27. The molecule has 0 amide bonds. The molecule has 0 aliphatic carbocycles. The summed E-state index contributed by atoms with van der Waals surface area (Å²) >= 11 is 0. The van der Waals surface area contributed by atoms with E-state index in [4.69, 9.17) is 14.5 Å². The van der Waals surface area contributed by atoms with Gasteiger partial charge in [-0.15, -0.1) is 0 Å². The van der Waals surface area contributed by atoms with Crippen molar-refractivity contribution in [3.8, 4) is 11.5 Å². The molecule has 0 spiro atoms. The van der Waals surface area contributed by atoms with Crippen molar-refractivity contribution in [3.05, 3.63) is 60.2 Å². The van der Waals surface area contributed by atoms with E-state index in [1.165, 1.54) is 11.3 Å². The van der Waals surface area contributed by atoms with Gasteiger partial charge in [0.2, 0.25) is 0 Å². The maximum absolute atomic E-state index is 5.43. The molecule has 0 aromatic heterocycles. The van der Waals surface area contributed by atoms with Gasteiger partial charge < -0.3 is 29.9 Å². The zero-order valence-electron chi connectivity index (χ0n) is 19.9. The quantitative estimate of drug-likeness (QED) is 0.366. The summed E-state index contributed by atoms with van der Waals surface area (Å²) in [6.07, 6.45) is 5.46. The molecule has 2 N–H and O–H groups in total. The first-order valence-corrected chi connectivity index (χ1v) is 11.7. The molecular weight excluding hydrogens is 414 g/mol. The summed E-state index contributed by atoms with van der Waals surface area (Å²) in [7, 11) is 3.37. The summed E-state index contributed by atoms with van der Waals surface area (Å²) < 4.78 is 10.9. The second-order valence-corrected chi connectivity index (χ2v) is 8.38. The molecule has 2 aromatic rings. The van der Waals surface area contributed by atoms with Crippen molar-refractivity contribution in [2.45, 2.75) is 25.9 Å². The number of nitrogens with zero attached hydrogens (tertiary/aromatic N) is 3. The average Bonchev–Trinajstić information content (AvgIpc) is 3.55. The van der Waals surface area contributed by atoms with Gasteiger partial charge in [-0.25, -0.2) is 4.99 Å². The van der Waals surface area contributed by atoms with Crippen molar-refractivity contribution < 1.29 is 9.47 Å². The van der Waals surface area contributed by atoms with E-state index in [9.17, 15) is 0 Å². The van der Waals surface area contributed by atoms with E-state index in [-0.39, 0.29) is 0 Å². The van der Waals surface area contributed by atoms with E-state index in [1.54, 1.807) is 14.2 Å². The number of hydrogen-bond acceptors (Lipinski definition) is 5. The lowest BCUT2D eigenvalue weighted by molar-refractivity contribution is 0.394. The number of methoxy groups -OCH3 is 2. The Balaban J connectivity index is 1.35. The number of hydrogen-bond donors (Lipinski definition) is 2. The Bertz CT molecular complexity index is 943. The van der Waals surface area contributed by atoms with Crippen LogP contribution in [0.25, 0.3) is 0 Å². The lowest BCUT2D eigenvalue weighted by atomic mass is 10.2. The summed E-state index contributed by atoms with van der Waals surface area (Å²) in [6.45, 7) is 7.44. The Morgan fingerprint density at radius 3 is 2.30 bits per heavy atom. The molecular formula is C26H35N5O2. The Labute approximate surface area is 197 Å². The van der Waals surface area contributed by atoms with E-state index < -0.39 is 0 Å². The maximum atomic E-state index is 5.43. The van der Waals surface area contributed by atoms with Gasteiger partial charge in [-0.2, -0.15) is 0 Å². The molecule has 33 heavy (non-hydrogen) atoms. The molecule has 1 fully saturated rings. The minimum atomic E-state index is 0.324.